The molecule has 0 unspecified atom stereocenters. The molecule has 1 aromatic heterocycles. The number of ether oxygens (including phenoxy) is 1. The Bertz CT molecular complexity index is 830. The lowest BCUT2D eigenvalue weighted by molar-refractivity contribution is -0.0463. The van der Waals surface area contributed by atoms with Gasteiger partial charge in [-0.25, -0.2) is 4.79 Å². The highest BCUT2D eigenvalue weighted by atomic mass is 16.5. The van der Waals surface area contributed by atoms with Crippen LogP contribution in [0.3, 0.4) is 0 Å². The Hall–Kier alpha value is -1.96. The van der Waals surface area contributed by atoms with Gasteiger partial charge >= 0.3 is 5.69 Å². The minimum Gasteiger partial charge on any atom is -0.394 e. The Balaban J connectivity index is 2.25. The Morgan fingerprint density at radius 2 is 2.00 bits per heavy atom. The highest BCUT2D eigenvalue weighted by Crippen LogP contribution is 2.27. The summed E-state index contributed by atoms with van der Waals surface area (Å²) < 4.78 is 8.08. The van der Waals surface area contributed by atoms with Gasteiger partial charge in [0.15, 0.2) is 0 Å². The van der Waals surface area contributed by atoms with Crippen LogP contribution < -0.4 is 11.2 Å². The summed E-state index contributed by atoms with van der Waals surface area (Å²) in [5.41, 5.74) is 1.99. The van der Waals surface area contributed by atoms with Crippen LogP contribution in [0.2, 0.25) is 0 Å². The summed E-state index contributed by atoms with van der Waals surface area (Å²) in [6, 6.07) is 0. The number of aryl methyl sites for hydroxylation is 1. The van der Waals surface area contributed by atoms with Crippen LogP contribution in [0.4, 0.5) is 0 Å². The molecule has 1 aliphatic heterocycles. The van der Waals surface area contributed by atoms with Gasteiger partial charge in [-0.3, -0.25) is 13.9 Å². The van der Waals surface area contributed by atoms with Gasteiger partial charge in [0.1, 0.15) is 12.3 Å². The third-order valence-corrected chi connectivity index (χ3v) is 4.77. The number of rotatable bonds is 7. The quantitative estimate of drug-likeness (QED) is 0.704. The fourth-order valence-corrected chi connectivity index (χ4v) is 3.11. The number of hydrogen-bond acceptors (Lipinski definition) is 5. The molecule has 0 spiro atoms. The van der Waals surface area contributed by atoms with Crippen LogP contribution in [-0.2, 0) is 11.3 Å². The first kappa shape index (κ1) is 21.3. The van der Waals surface area contributed by atoms with E-state index in [0.717, 1.165) is 18.4 Å². The van der Waals surface area contributed by atoms with E-state index in [0.29, 0.717) is 5.56 Å². The van der Waals surface area contributed by atoms with Gasteiger partial charge < -0.3 is 14.9 Å². The van der Waals surface area contributed by atoms with E-state index in [2.05, 4.69) is 19.9 Å². The molecule has 150 valence electrons. The summed E-state index contributed by atoms with van der Waals surface area (Å²) >= 11 is 0. The summed E-state index contributed by atoms with van der Waals surface area (Å²) in [5, 5.41) is 19.2. The topological polar surface area (TPSA) is 93.7 Å². The SMILES string of the molecule is CC(C)=CCC/C(C)=C/Cn1c(=O)c(C)cn([C@H]2C[C@@H](O)[C@@H](CO)O2)c1=O. The summed E-state index contributed by atoms with van der Waals surface area (Å²) in [6.07, 6.45) is 5.24. The largest absolute Gasteiger partial charge is 0.394 e. The molecule has 0 saturated carbocycles. The van der Waals surface area contributed by atoms with Crippen LogP contribution in [0.1, 0.15) is 51.8 Å². The molecule has 7 nitrogen and oxygen atoms in total. The minimum absolute atomic E-state index is 0.193. The molecule has 0 amide bonds. The maximum absolute atomic E-state index is 12.8. The summed E-state index contributed by atoms with van der Waals surface area (Å²) in [5.74, 6) is 0. The third-order valence-electron chi connectivity index (χ3n) is 4.77. The van der Waals surface area contributed by atoms with Crippen LogP contribution >= 0.6 is 0 Å². The zero-order valence-electron chi connectivity index (χ0n) is 16.5. The molecule has 0 aromatic carbocycles. The van der Waals surface area contributed by atoms with Gasteiger partial charge in [-0.2, -0.15) is 0 Å². The molecule has 0 radical (unpaired) electrons. The first-order valence-corrected chi connectivity index (χ1v) is 9.30. The molecule has 1 aliphatic rings. The normalized spacial score (nSPS) is 22.9. The van der Waals surface area contributed by atoms with E-state index in [-0.39, 0.29) is 25.1 Å². The molecule has 7 heteroatoms. The molecule has 0 aliphatic carbocycles. The van der Waals surface area contributed by atoms with E-state index >= 15 is 0 Å². The Morgan fingerprint density at radius 3 is 2.59 bits per heavy atom. The Labute approximate surface area is 159 Å². The second-order valence-corrected chi connectivity index (χ2v) is 7.40. The summed E-state index contributed by atoms with van der Waals surface area (Å²) in [4.78, 5) is 25.2. The van der Waals surface area contributed by atoms with Crippen LogP contribution in [0, 0.1) is 6.92 Å². The van der Waals surface area contributed by atoms with Crippen molar-refractivity contribution in [2.24, 2.45) is 0 Å². The Kier molecular flexibility index (Phi) is 7.35. The number of hydrogen-bond donors (Lipinski definition) is 2. The van der Waals surface area contributed by atoms with E-state index in [1.165, 1.54) is 20.9 Å². The lowest BCUT2D eigenvalue weighted by Crippen LogP contribution is -2.42. The second kappa shape index (κ2) is 9.30. The zero-order valence-corrected chi connectivity index (χ0v) is 16.5. The van der Waals surface area contributed by atoms with E-state index in [1.807, 2.05) is 13.0 Å². The standard InChI is InChI=1S/C20H30N2O5/c1-13(2)6-5-7-14(3)8-9-21-19(25)15(4)11-22(20(21)26)18-10-16(24)17(12-23)27-18/h6,8,11,16-18,23-24H,5,7,9-10,12H2,1-4H3/b14-8+/t16-,17-,18-/m1/s1. The first-order chi connectivity index (χ1) is 12.7. The van der Waals surface area contributed by atoms with E-state index < -0.39 is 24.1 Å². The summed E-state index contributed by atoms with van der Waals surface area (Å²) in [7, 11) is 0. The smallest absolute Gasteiger partial charge is 0.333 e. The molecule has 3 atom stereocenters. The van der Waals surface area contributed by atoms with Crippen molar-refractivity contribution < 1.29 is 14.9 Å². The van der Waals surface area contributed by atoms with E-state index in [9.17, 15) is 19.8 Å². The molecular weight excluding hydrogens is 348 g/mol. The van der Waals surface area contributed by atoms with Crippen molar-refractivity contribution in [2.75, 3.05) is 6.61 Å². The van der Waals surface area contributed by atoms with Gasteiger partial charge in [0.25, 0.3) is 5.56 Å². The van der Waals surface area contributed by atoms with E-state index in [1.54, 1.807) is 6.92 Å². The lowest BCUT2D eigenvalue weighted by atomic mass is 10.1. The molecule has 0 bridgehead atoms. The minimum atomic E-state index is -0.843. The van der Waals surface area contributed by atoms with Crippen LogP contribution in [0.25, 0.3) is 0 Å². The number of allylic oxidation sites excluding steroid dienone is 4. The maximum Gasteiger partial charge on any atom is 0.333 e. The number of aliphatic hydroxyl groups excluding tert-OH is 2. The number of aromatic nitrogens is 2. The fourth-order valence-electron chi connectivity index (χ4n) is 3.11. The third kappa shape index (κ3) is 5.28. The highest BCUT2D eigenvalue weighted by molar-refractivity contribution is 5.07. The van der Waals surface area contributed by atoms with E-state index in [4.69, 9.17) is 4.74 Å². The predicted octanol–water partition coefficient (Wildman–Crippen LogP) is 1.65. The van der Waals surface area contributed by atoms with Crippen LogP contribution in [-0.4, -0.2) is 38.2 Å². The fraction of sp³-hybridized carbons (Fsp3) is 0.600. The van der Waals surface area contributed by atoms with Crippen molar-refractivity contribution in [3.05, 3.63) is 55.9 Å². The van der Waals surface area contributed by atoms with Crippen molar-refractivity contribution in [1.82, 2.24) is 9.13 Å². The zero-order chi connectivity index (χ0) is 20.1. The van der Waals surface area contributed by atoms with Crippen LogP contribution in [0.5, 0.6) is 0 Å². The molecule has 1 fully saturated rings. The van der Waals surface area contributed by atoms with Gasteiger partial charge in [0, 0.05) is 24.7 Å². The molecule has 1 saturated heterocycles. The maximum atomic E-state index is 12.8. The van der Waals surface area contributed by atoms with Gasteiger partial charge in [-0.05, 0) is 40.5 Å². The molecule has 2 rings (SSSR count). The van der Waals surface area contributed by atoms with Crippen molar-refractivity contribution in [3.8, 4) is 0 Å². The van der Waals surface area contributed by atoms with Crippen molar-refractivity contribution in [3.63, 3.8) is 0 Å². The Morgan fingerprint density at radius 1 is 1.30 bits per heavy atom. The molecule has 27 heavy (non-hydrogen) atoms. The van der Waals surface area contributed by atoms with Crippen LogP contribution in [0.15, 0.2) is 39.1 Å². The average molecular weight is 378 g/mol. The van der Waals surface area contributed by atoms with Gasteiger partial charge in [0.05, 0.1) is 12.7 Å². The van der Waals surface area contributed by atoms with Crippen molar-refractivity contribution in [1.29, 1.82) is 0 Å². The van der Waals surface area contributed by atoms with Gasteiger partial charge in [-0.1, -0.05) is 23.3 Å². The molecule has 1 aromatic rings. The molecular formula is C20H30N2O5. The molecule has 2 N–H and O–H groups in total. The summed E-state index contributed by atoms with van der Waals surface area (Å²) in [6.45, 7) is 7.61. The lowest BCUT2D eigenvalue weighted by Gasteiger charge is -2.17. The van der Waals surface area contributed by atoms with Crippen molar-refractivity contribution >= 4 is 0 Å². The van der Waals surface area contributed by atoms with Crippen molar-refractivity contribution in [2.45, 2.75) is 71.9 Å². The average Bonchev–Trinajstić information content (AvgIpc) is 2.98. The highest BCUT2D eigenvalue weighted by Gasteiger charge is 2.35. The monoisotopic (exact) mass is 378 g/mol. The van der Waals surface area contributed by atoms with Gasteiger partial charge in [-0.15, -0.1) is 0 Å². The number of nitrogens with zero attached hydrogens (tertiary/aromatic N) is 2. The predicted molar refractivity (Wildman–Crippen MR) is 104 cm³/mol. The number of aliphatic hydroxyl groups is 2. The second-order valence-electron chi connectivity index (χ2n) is 7.40. The first-order valence-electron chi connectivity index (χ1n) is 9.30. The molecule has 2 heterocycles. The van der Waals surface area contributed by atoms with Gasteiger partial charge in [0.2, 0.25) is 0 Å².